The maximum Gasteiger partial charge on any atom is 0.340 e. The zero-order chi connectivity index (χ0) is 26.8. The number of pyridine rings is 1. The molecule has 37 heavy (non-hydrogen) atoms. The number of hydrogen-bond donors (Lipinski definition) is 1. The van der Waals surface area contributed by atoms with Gasteiger partial charge in [0.05, 0.1) is 19.4 Å². The third kappa shape index (κ3) is 5.06. The Labute approximate surface area is 224 Å². The first kappa shape index (κ1) is 27.0. The van der Waals surface area contributed by atoms with Crippen molar-refractivity contribution in [3.8, 4) is 0 Å². The Morgan fingerprint density at radius 3 is 2.59 bits per heavy atom. The fourth-order valence-corrected chi connectivity index (χ4v) is 4.98. The third-order valence-corrected chi connectivity index (χ3v) is 7.67. The minimum atomic E-state index is -1.20. The molecule has 2 aromatic rings. The van der Waals surface area contributed by atoms with Crippen LogP contribution >= 0.6 is 15.9 Å². The predicted octanol–water partition coefficient (Wildman–Crippen LogP) is 4.77. The van der Waals surface area contributed by atoms with Gasteiger partial charge in [0.25, 0.3) is 0 Å². The van der Waals surface area contributed by atoms with Crippen molar-refractivity contribution in [2.24, 2.45) is 15.4 Å². The summed E-state index contributed by atoms with van der Waals surface area (Å²) in [4.78, 5) is 26.2. The van der Waals surface area contributed by atoms with Crippen molar-refractivity contribution in [3.63, 3.8) is 0 Å². The number of hydroxylamine groups is 3. The zero-order valence-electron chi connectivity index (χ0n) is 21.2. The van der Waals surface area contributed by atoms with Gasteiger partial charge in [-0.1, -0.05) is 24.3 Å². The molecule has 0 saturated carbocycles. The van der Waals surface area contributed by atoms with Gasteiger partial charge in [-0.2, -0.15) is 9.98 Å². The predicted molar refractivity (Wildman–Crippen MR) is 144 cm³/mol. The van der Waals surface area contributed by atoms with Crippen molar-refractivity contribution < 1.29 is 18.6 Å². The van der Waals surface area contributed by atoms with Crippen LogP contribution in [0.4, 0.5) is 4.39 Å². The van der Waals surface area contributed by atoms with Crippen LogP contribution in [0.15, 0.2) is 80.2 Å². The number of allylic oxidation sites excluding steroid dienone is 1. The summed E-state index contributed by atoms with van der Waals surface area (Å²) in [5.74, 6) is -0.895. The largest absolute Gasteiger partial charge is 0.614 e. The number of esters is 1. The number of nitrogens with zero attached hydrogens (tertiary/aromatic N) is 4. The molecular formula is C27H29BrFN5O3. The summed E-state index contributed by atoms with van der Waals surface area (Å²) in [7, 11) is 1.30. The number of ether oxygens (including phenoxy) is 1. The Kier molecular flexibility index (Phi) is 7.84. The minimum absolute atomic E-state index is 0.0303. The summed E-state index contributed by atoms with van der Waals surface area (Å²) in [6, 6.07) is 12.2. The van der Waals surface area contributed by atoms with Gasteiger partial charge in [0.2, 0.25) is 0 Å². The van der Waals surface area contributed by atoms with Crippen LogP contribution in [0.1, 0.15) is 32.0 Å². The second-order valence-corrected chi connectivity index (χ2v) is 10.2. The molecule has 0 bridgehead atoms. The fourth-order valence-electron chi connectivity index (χ4n) is 4.38. The van der Waals surface area contributed by atoms with Crippen LogP contribution in [0.2, 0.25) is 0 Å². The molecule has 0 fully saturated rings. The Bertz CT molecular complexity index is 1340. The highest BCUT2D eigenvalue weighted by Gasteiger charge is 2.51. The van der Waals surface area contributed by atoms with Gasteiger partial charge in [0.1, 0.15) is 16.9 Å². The van der Waals surface area contributed by atoms with E-state index in [4.69, 9.17) is 4.74 Å². The molecule has 1 N–H and O–H groups in total. The molecule has 4 rings (SSSR count). The molecule has 8 nitrogen and oxygen atoms in total. The van der Waals surface area contributed by atoms with E-state index >= 15 is 0 Å². The first-order valence-corrected chi connectivity index (χ1v) is 12.7. The van der Waals surface area contributed by atoms with Crippen LogP contribution in [0, 0.1) is 16.4 Å². The number of fused-ring (bicyclic) bond motifs is 1. The first-order valence-electron chi connectivity index (χ1n) is 11.9. The van der Waals surface area contributed by atoms with Crippen LogP contribution < -0.4 is 5.32 Å². The van der Waals surface area contributed by atoms with Crippen LogP contribution in [0.25, 0.3) is 0 Å². The number of methoxy groups -OCH3 is 1. The number of quaternary nitrogens is 1. The molecular weight excluding hydrogens is 541 g/mol. The van der Waals surface area contributed by atoms with Crippen molar-refractivity contribution in [1.82, 2.24) is 10.3 Å². The van der Waals surface area contributed by atoms with Crippen LogP contribution in [-0.2, 0) is 22.4 Å². The molecule has 1 unspecified atom stereocenters. The lowest BCUT2D eigenvalue weighted by atomic mass is 9.88. The molecule has 0 aliphatic carbocycles. The van der Waals surface area contributed by atoms with Crippen LogP contribution in [-0.4, -0.2) is 47.5 Å². The minimum Gasteiger partial charge on any atom is -0.614 e. The van der Waals surface area contributed by atoms with Crippen molar-refractivity contribution in [3.05, 3.63) is 92.5 Å². The second kappa shape index (κ2) is 10.7. The molecule has 1 atom stereocenters. The van der Waals surface area contributed by atoms with Gasteiger partial charge >= 0.3 is 11.9 Å². The van der Waals surface area contributed by atoms with Gasteiger partial charge in [-0.3, -0.25) is 9.78 Å². The third-order valence-electron chi connectivity index (χ3n) is 6.58. The van der Waals surface area contributed by atoms with Crippen molar-refractivity contribution in [2.45, 2.75) is 33.6 Å². The normalized spacial score (nSPS) is 19.5. The van der Waals surface area contributed by atoms with Gasteiger partial charge in [-0.15, -0.1) is 0 Å². The summed E-state index contributed by atoms with van der Waals surface area (Å²) in [5.41, 5.74) is 1.95. The maximum atomic E-state index is 14.5. The molecule has 0 spiro atoms. The molecule has 0 radical (unpaired) electrons. The zero-order valence-corrected chi connectivity index (χ0v) is 22.8. The lowest BCUT2D eigenvalue weighted by Gasteiger charge is -2.41. The number of rotatable bonds is 9. The maximum absolute atomic E-state index is 14.5. The molecule has 3 heterocycles. The van der Waals surface area contributed by atoms with E-state index in [-0.39, 0.29) is 24.7 Å². The van der Waals surface area contributed by atoms with Crippen LogP contribution in [0.5, 0.6) is 0 Å². The number of nitrogens with one attached hydrogen (secondary N) is 1. The highest BCUT2D eigenvalue weighted by molar-refractivity contribution is 9.11. The Morgan fingerprint density at radius 1 is 1.19 bits per heavy atom. The summed E-state index contributed by atoms with van der Waals surface area (Å²) in [5, 5.41) is 17.8. The molecule has 1 aromatic carbocycles. The number of aliphatic imine (C=N–C) groups is 2. The first-order chi connectivity index (χ1) is 17.6. The van der Waals surface area contributed by atoms with Gasteiger partial charge < -0.3 is 15.3 Å². The van der Waals surface area contributed by atoms with Crippen LogP contribution in [0.3, 0.4) is 0 Å². The number of guanidine groups is 1. The highest BCUT2D eigenvalue weighted by Crippen LogP contribution is 2.46. The van der Waals surface area contributed by atoms with E-state index < -0.39 is 16.0 Å². The number of aromatic nitrogens is 1. The van der Waals surface area contributed by atoms with Gasteiger partial charge in [-0.25, -0.2) is 9.04 Å². The van der Waals surface area contributed by atoms with Gasteiger partial charge in [-0.05, 0) is 44.5 Å². The monoisotopic (exact) mass is 569 g/mol. The number of hydrogen-bond acceptors (Lipinski definition) is 7. The SMILES string of the molecule is COC(=O)C(C)(C)C1=C(CNCCc2ccccn2)[N+]2([O-])C(=N1)N=C(Cc1ccccc1F)C(C)=C2Br. The summed E-state index contributed by atoms with van der Waals surface area (Å²) < 4.78 is 18.6. The molecule has 10 heteroatoms. The van der Waals surface area contributed by atoms with E-state index in [0.29, 0.717) is 45.8 Å². The smallest absolute Gasteiger partial charge is 0.340 e. The van der Waals surface area contributed by atoms with E-state index in [9.17, 15) is 14.4 Å². The van der Waals surface area contributed by atoms with E-state index in [1.165, 1.54) is 13.2 Å². The van der Waals surface area contributed by atoms with Gasteiger partial charge in [0, 0.05) is 52.8 Å². The second-order valence-electron chi connectivity index (χ2n) is 9.42. The summed E-state index contributed by atoms with van der Waals surface area (Å²) in [6.07, 6.45) is 2.59. The lowest BCUT2D eigenvalue weighted by Crippen LogP contribution is -2.48. The average Bonchev–Trinajstić information content (AvgIpc) is 3.19. The highest BCUT2D eigenvalue weighted by atomic mass is 79.9. The topological polar surface area (TPSA) is 99.0 Å². The Hall–Kier alpha value is -3.05. The summed E-state index contributed by atoms with van der Waals surface area (Å²) in [6.45, 7) is 5.84. The number of benzene rings is 1. The molecule has 1 aromatic heterocycles. The molecule has 2 aliphatic rings. The van der Waals surface area contributed by atoms with E-state index in [1.807, 2.05) is 18.2 Å². The van der Waals surface area contributed by atoms with Crippen molar-refractivity contribution >= 4 is 33.6 Å². The molecule has 0 amide bonds. The lowest BCUT2D eigenvalue weighted by molar-refractivity contribution is -0.693. The Morgan fingerprint density at radius 2 is 1.92 bits per heavy atom. The number of carbonyl (C=O) groups excluding carboxylic acids is 1. The summed E-state index contributed by atoms with van der Waals surface area (Å²) >= 11 is 3.52. The number of halogens is 2. The van der Waals surface area contributed by atoms with Crippen molar-refractivity contribution in [2.75, 3.05) is 20.2 Å². The molecule has 2 aliphatic heterocycles. The molecule has 0 saturated heterocycles. The van der Waals surface area contributed by atoms with Gasteiger partial charge in [0.15, 0.2) is 10.3 Å². The Balaban J connectivity index is 1.69. The van der Waals surface area contributed by atoms with Crippen molar-refractivity contribution in [1.29, 1.82) is 0 Å². The quantitative estimate of drug-likeness (QED) is 0.154. The number of carbonyl (C=O) groups is 1. The van der Waals surface area contributed by atoms with E-state index in [0.717, 1.165) is 5.69 Å². The fraction of sp³-hybridized carbons (Fsp3) is 0.333. The van der Waals surface area contributed by atoms with E-state index in [2.05, 4.69) is 36.2 Å². The average molecular weight is 570 g/mol. The molecule has 194 valence electrons. The standard InChI is InChI=1S/C27H29BrFN5O3/c1-17-21(15-18-9-5-6-11-20(18)29)32-26-33-23(27(2,3)25(35)37-4)22(34(26,36)24(17)28)16-30-14-12-19-10-7-8-13-31-19/h5-11,13,30H,12,14-16H2,1-4H3. The van der Waals surface area contributed by atoms with E-state index in [1.54, 1.807) is 45.2 Å².